The van der Waals surface area contributed by atoms with E-state index in [-0.39, 0.29) is 0 Å². The van der Waals surface area contributed by atoms with E-state index in [0.29, 0.717) is 10.8 Å². The zero-order valence-electron chi connectivity index (χ0n) is 11.6. The maximum Gasteiger partial charge on any atom is 0.198 e. The summed E-state index contributed by atoms with van der Waals surface area (Å²) in [5.74, 6) is 4.16. The van der Waals surface area contributed by atoms with E-state index in [1.165, 1.54) is 25.7 Å². The normalized spacial score (nSPS) is 29.9. The summed E-state index contributed by atoms with van der Waals surface area (Å²) in [7, 11) is 0. The third-order valence-corrected chi connectivity index (χ3v) is 5.55. The van der Waals surface area contributed by atoms with E-state index in [9.17, 15) is 0 Å². The molecule has 20 heavy (non-hydrogen) atoms. The Morgan fingerprint density at radius 1 is 1.45 bits per heavy atom. The van der Waals surface area contributed by atoms with E-state index in [2.05, 4.69) is 21.7 Å². The van der Waals surface area contributed by atoms with Crippen LogP contribution in [0.3, 0.4) is 0 Å². The van der Waals surface area contributed by atoms with Crippen LogP contribution in [0.4, 0.5) is 0 Å². The van der Waals surface area contributed by atoms with Crippen LogP contribution in [0.5, 0.6) is 0 Å². The quantitative estimate of drug-likeness (QED) is 0.861. The summed E-state index contributed by atoms with van der Waals surface area (Å²) >= 11 is 5.45. The Morgan fingerprint density at radius 3 is 3.00 bits per heavy atom. The first-order valence-electron chi connectivity index (χ1n) is 7.45. The fourth-order valence-corrected chi connectivity index (χ4v) is 4.64. The molecule has 2 aliphatic carbocycles. The lowest BCUT2D eigenvalue weighted by Crippen LogP contribution is -2.22. The number of H-pyrrole nitrogens is 1. The highest BCUT2D eigenvalue weighted by Gasteiger charge is 2.42. The Hall–Kier alpha value is -1.36. The summed E-state index contributed by atoms with van der Waals surface area (Å²) in [6.45, 7) is 2.28. The number of rotatable bonds is 3. The highest BCUT2D eigenvalue weighted by Crippen LogP contribution is 2.52. The van der Waals surface area contributed by atoms with Crippen LogP contribution >= 0.6 is 12.2 Å². The van der Waals surface area contributed by atoms with E-state index in [4.69, 9.17) is 16.6 Å². The summed E-state index contributed by atoms with van der Waals surface area (Å²) in [4.78, 5) is 0. The first-order chi connectivity index (χ1) is 9.74. The van der Waals surface area contributed by atoms with Gasteiger partial charge < -0.3 is 4.42 Å². The van der Waals surface area contributed by atoms with Crippen LogP contribution in [0.2, 0.25) is 0 Å². The largest absolute Gasteiger partial charge is 0.461 e. The second kappa shape index (κ2) is 4.58. The highest BCUT2D eigenvalue weighted by molar-refractivity contribution is 7.71. The van der Waals surface area contributed by atoms with Crippen molar-refractivity contribution >= 4 is 12.2 Å². The number of fused-ring (bicyclic) bond motifs is 2. The number of furan rings is 1. The number of nitrogens with zero attached hydrogens (tertiary/aromatic N) is 2. The lowest BCUT2D eigenvalue weighted by Gasteiger charge is -2.29. The van der Waals surface area contributed by atoms with Crippen LogP contribution in [0.25, 0.3) is 11.6 Å². The monoisotopic (exact) mass is 289 g/mol. The molecular formula is C15H19N3OS. The van der Waals surface area contributed by atoms with Crippen LogP contribution in [0.1, 0.15) is 38.6 Å². The SMILES string of the molecule is C[C@@H](C1CC2CC[C@H]1C2)n1c(-c2ccco2)n[nH]c1=S. The Bertz CT molecular complexity index is 657. The van der Waals surface area contributed by atoms with Gasteiger partial charge in [0.1, 0.15) is 0 Å². The zero-order valence-corrected chi connectivity index (χ0v) is 12.4. The molecule has 2 aromatic rings. The predicted octanol–water partition coefficient (Wildman–Crippen LogP) is 4.20. The predicted molar refractivity (Wildman–Crippen MR) is 78.8 cm³/mol. The molecule has 0 aliphatic heterocycles. The summed E-state index contributed by atoms with van der Waals surface area (Å²) in [5, 5.41) is 7.29. The molecule has 4 nitrogen and oxygen atoms in total. The number of aromatic nitrogens is 3. The molecule has 2 fully saturated rings. The number of nitrogens with one attached hydrogen (secondary N) is 1. The molecule has 1 N–H and O–H groups in total. The molecule has 2 bridgehead atoms. The van der Waals surface area contributed by atoms with Crippen molar-refractivity contribution in [2.45, 2.75) is 38.6 Å². The van der Waals surface area contributed by atoms with Gasteiger partial charge in [-0.05, 0) is 68.3 Å². The van der Waals surface area contributed by atoms with E-state index in [1.807, 2.05) is 12.1 Å². The molecule has 106 valence electrons. The summed E-state index contributed by atoms with van der Waals surface area (Å²) < 4.78 is 8.35. The van der Waals surface area contributed by atoms with Gasteiger partial charge in [-0.2, -0.15) is 5.10 Å². The van der Waals surface area contributed by atoms with Gasteiger partial charge in [0.25, 0.3) is 0 Å². The maximum atomic E-state index is 5.50. The van der Waals surface area contributed by atoms with Crippen molar-refractivity contribution < 1.29 is 4.42 Å². The van der Waals surface area contributed by atoms with Gasteiger partial charge in [0.2, 0.25) is 0 Å². The highest BCUT2D eigenvalue weighted by atomic mass is 32.1. The molecule has 0 amide bonds. The van der Waals surface area contributed by atoms with Crippen molar-refractivity contribution in [2.75, 3.05) is 0 Å². The van der Waals surface area contributed by atoms with Crippen LogP contribution < -0.4 is 0 Å². The number of hydrogen-bond donors (Lipinski definition) is 1. The van der Waals surface area contributed by atoms with Crippen molar-refractivity contribution in [3.63, 3.8) is 0 Å². The third kappa shape index (κ3) is 1.79. The third-order valence-electron chi connectivity index (χ3n) is 5.27. The minimum absolute atomic E-state index is 0.386. The Labute approximate surface area is 123 Å². The average molecular weight is 289 g/mol. The molecule has 4 rings (SSSR count). The second-order valence-electron chi connectivity index (χ2n) is 6.28. The summed E-state index contributed by atoms with van der Waals surface area (Å²) in [5.41, 5.74) is 0. The molecular weight excluding hydrogens is 270 g/mol. The fraction of sp³-hybridized carbons (Fsp3) is 0.600. The standard InChI is InChI=1S/C15H19N3OS/c1-9(12-8-10-4-5-11(12)7-10)18-14(16-17-15(18)20)13-3-2-6-19-13/h2-3,6,9-12H,4-5,7-8H2,1H3,(H,17,20)/t9-,10?,11-,12?/m0/s1. The molecule has 2 aliphatic rings. The van der Waals surface area contributed by atoms with Crippen molar-refractivity contribution in [1.29, 1.82) is 0 Å². The van der Waals surface area contributed by atoms with Gasteiger partial charge in [0.05, 0.1) is 6.26 Å². The van der Waals surface area contributed by atoms with Gasteiger partial charge >= 0.3 is 0 Å². The summed E-state index contributed by atoms with van der Waals surface area (Å²) in [6.07, 6.45) is 7.25. The lowest BCUT2D eigenvalue weighted by molar-refractivity contribution is 0.242. The maximum absolute atomic E-state index is 5.50. The van der Waals surface area contributed by atoms with Crippen LogP contribution in [0.15, 0.2) is 22.8 Å². The molecule has 0 spiro atoms. The van der Waals surface area contributed by atoms with Crippen molar-refractivity contribution in [3.8, 4) is 11.6 Å². The van der Waals surface area contributed by atoms with Gasteiger partial charge in [0, 0.05) is 6.04 Å². The zero-order chi connectivity index (χ0) is 13.7. The Kier molecular flexibility index (Phi) is 2.84. The molecule has 2 aromatic heterocycles. The molecule has 5 heteroatoms. The topological polar surface area (TPSA) is 46.8 Å². The molecule has 4 atom stereocenters. The smallest absolute Gasteiger partial charge is 0.198 e. The van der Waals surface area contributed by atoms with E-state index < -0.39 is 0 Å². The Balaban J connectivity index is 1.71. The van der Waals surface area contributed by atoms with Gasteiger partial charge in [-0.15, -0.1) is 0 Å². The minimum atomic E-state index is 0.386. The molecule has 0 radical (unpaired) electrons. The molecule has 0 saturated heterocycles. The number of aromatic amines is 1. The lowest BCUT2D eigenvalue weighted by atomic mass is 9.84. The van der Waals surface area contributed by atoms with Crippen molar-refractivity contribution in [3.05, 3.63) is 23.2 Å². The van der Waals surface area contributed by atoms with E-state index in [0.717, 1.165) is 29.3 Å². The first-order valence-corrected chi connectivity index (χ1v) is 7.85. The molecule has 2 unspecified atom stereocenters. The molecule has 2 saturated carbocycles. The minimum Gasteiger partial charge on any atom is -0.461 e. The van der Waals surface area contributed by atoms with Crippen LogP contribution in [-0.2, 0) is 0 Å². The average Bonchev–Trinajstić information content (AvgIpc) is 3.21. The fourth-order valence-electron chi connectivity index (χ4n) is 4.34. The van der Waals surface area contributed by atoms with Crippen molar-refractivity contribution in [2.24, 2.45) is 17.8 Å². The Morgan fingerprint density at radius 2 is 2.35 bits per heavy atom. The molecule has 0 aromatic carbocycles. The van der Waals surface area contributed by atoms with Gasteiger partial charge in [-0.1, -0.05) is 6.42 Å². The summed E-state index contributed by atoms with van der Waals surface area (Å²) in [6, 6.07) is 4.21. The first kappa shape index (κ1) is 12.4. The second-order valence-corrected chi connectivity index (χ2v) is 6.67. The van der Waals surface area contributed by atoms with Gasteiger partial charge in [0.15, 0.2) is 16.4 Å². The van der Waals surface area contributed by atoms with Crippen LogP contribution in [-0.4, -0.2) is 14.8 Å². The van der Waals surface area contributed by atoms with E-state index >= 15 is 0 Å². The van der Waals surface area contributed by atoms with E-state index in [1.54, 1.807) is 6.26 Å². The number of hydrogen-bond acceptors (Lipinski definition) is 3. The van der Waals surface area contributed by atoms with Gasteiger partial charge in [-0.3, -0.25) is 9.67 Å². The van der Waals surface area contributed by atoms with Crippen molar-refractivity contribution in [1.82, 2.24) is 14.8 Å². The van der Waals surface area contributed by atoms with Crippen LogP contribution in [0, 0.1) is 22.5 Å². The molecule has 2 heterocycles. The van der Waals surface area contributed by atoms with Gasteiger partial charge in [-0.25, -0.2) is 0 Å².